The molecule has 4 nitrogen and oxygen atoms in total. The zero-order valence-corrected chi connectivity index (χ0v) is 14.1. The Morgan fingerprint density at radius 1 is 1.29 bits per heavy atom. The van der Waals surface area contributed by atoms with E-state index < -0.39 is 5.97 Å². The number of carboxylic acid groups (broad SMARTS) is 1. The molecule has 0 aliphatic carbocycles. The van der Waals surface area contributed by atoms with Gasteiger partial charge in [0.05, 0.1) is 6.42 Å². The van der Waals surface area contributed by atoms with Gasteiger partial charge in [0.2, 0.25) is 5.91 Å². The molecule has 0 unspecified atom stereocenters. The van der Waals surface area contributed by atoms with Crippen LogP contribution < -0.4 is 0 Å². The molecule has 0 bridgehead atoms. The second-order valence-electron chi connectivity index (χ2n) is 5.05. The number of nitrogens with zero attached hydrogens (tertiary/aromatic N) is 1. The highest BCUT2D eigenvalue weighted by atomic mass is 79.9. The first kappa shape index (κ1) is 17.7. The van der Waals surface area contributed by atoms with Gasteiger partial charge in [0.25, 0.3) is 0 Å². The van der Waals surface area contributed by atoms with E-state index in [9.17, 15) is 9.59 Å². The molecule has 0 heterocycles. The molecular weight excluding hydrogens is 334 g/mol. The first-order chi connectivity index (χ1) is 9.97. The van der Waals surface area contributed by atoms with Crippen LogP contribution in [0.3, 0.4) is 0 Å². The molecule has 1 amide bonds. The Labute approximate surface area is 134 Å². The topological polar surface area (TPSA) is 57.6 Å². The summed E-state index contributed by atoms with van der Waals surface area (Å²) < 4.78 is 0.952. The van der Waals surface area contributed by atoms with E-state index in [1.165, 1.54) is 0 Å². The fourth-order valence-corrected chi connectivity index (χ4v) is 2.70. The van der Waals surface area contributed by atoms with Crippen molar-refractivity contribution in [2.75, 3.05) is 6.54 Å². The Morgan fingerprint density at radius 2 is 1.95 bits per heavy atom. The van der Waals surface area contributed by atoms with Crippen molar-refractivity contribution in [3.63, 3.8) is 0 Å². The van der Waals surface area contributed by atoms with E-state index in [2.05, 4.69) is 15.9 Å². The van der Waals surface area contributed by atoms with Gasteiger partial charge in [0.15, 0.2) is 0 Å². The Bertz CT molecular complexity index is 486. The normalized spacial score (nSPS) is 10.7. The van der Waals surface area contributed by atoms with Gasteiger partial charge in [-0.1, -0.05) is 41.9 Å². The average molecular weight is 356 g/mol. The van der Waals surface area contributed by atoms with Crippen molar-refractivity contribution in [1.29, 1.82) is 0 Å². The SMILES string of the molecule is CCC(CC)C(=O)N(CCC(=O)O)Cc1cccc(Br)c1. The predicted molar refractivity (Wildman–Crippen MR) is 85.9 cm³/mol. The fourth-order valence-electron chi connectivity index (χ4n) is 2.25. The number of benzene rings is 1. The third kappa shape index (κ3) is 5.87. The molecule has 0 aliphatic rings. The van der Waals surface area contributed by atoms with Gasteiger partial charge in [0.1, 0.15) is 0 Å². The number of hydrogen-bond donors (Lipinski definition) is 1. The van der Waals surface area contributed by atoms with E-state index in [1.807, 2.05) is 38.1 Å². The van der Waals surface area contributed by atoms with E-state index in [1.54, 1.807) is 4.90 Å². The number of rotatable bonds is 8. The standard InChI is InChI=1S/C16H22BrNO3/c1-3-13(4-2)16(21)18(9-8-15(19)20)11-12-6-5-7-14(17)10-12/h5-7,10,13H,3-4,8-9,11H2,1-2H3,(H,19,20). The van der Waals surface area contributed by atoms with Crippen LogP contribution in [0.5, 0.6) is 0 Å². The largest absolute Gasteiger partial charge is 0.481 e. The maximum absolute atomic E-state index is 12.5. The van der Waals surface area contributed by atoms with Gasteiger partial charge < -0.3 is 10.0 Å². The lowest BCUT2D eigenvalue weighted by Crippen LogP contribution is -2.37. The van der Waals surface area contributed by atoms with Crippen LogP contribution in [0.15, 0.2) is 28.7 Å². The van der Waals surface area contributed by atoms with Gasteiger partial charge in [-0.2, -0.15) is 0 Å². The molecule has 116 valence electrons. The molecule has 21 heavy (non-hydrogen) atoms. The molecule has 0 saturated carbocycles. The van der Waals surface area contributed by atoms with Gasteiger partial charge in [-0.3, -0.25) is 9.59 Å². The third-order valence-corrected chi connectivity index (χ3v) is 4.00. The highest BCUT2D eigenvalue weighted by Gasteiger charge is 2.22. The van der Waals surface area contributed by atoms with Crippen LogP contribution in [0.1, 0.15) is 38.7 Å². The zero-order chi connectivity index (χ0) is 15.8. The number of carboxylic acids is 1. The van der Waals surface area contributed by atoms with E-state index in [-0.39, 0.29) is 24.8 Å². The maximum atomic E-state index is 12.5. The van der Waals surface area contributed by atoms with Crippen LogP contribution in [-0.2, 0) is 16.1 Å². The van der Waals surface area contributed by atoms with E-state index in [4.69, 9.17) is 5.11 Å². The van der Waals surface area contributed by atoms with Crippen LogP contribution in [0.4, 0.5) is 0 Å². The van der Waals surface area contributed by atoms with Crippen LogP contribution in [0.2, 0.25) is 0 Å². The summed E-state index contributed by atoms with van der Waals surface area (Å²) >= 11 is 3.41. The molecule has 1 aromatic carbocycles. The van der Waals surface area contributed by atoms with Crippen molar-refractivity contribution < 1.29 is 14.7 Å². The highest BCUT2D eigenvalue weighted by Crippen LogP contribution is 2.17. The molecule has 5 heteroatoms. The number of amides is 1. The van der Waals surface area contributed by atoms with Gasteiger partial charge in [0, 0.05) is 23.5 Å². The van der Waals surface area contributed by atoms with Crippen molar-refractivity contribution >= 4 is 27.8 Å². The fraction of sp³-hybridized carbons (Fsp3) is 0.500. The van der Waals surface area contributed by atoms with Crippen LogP contribution in [0, 0.1) is 5.92 Å². The number of hydrogen-bond acceptors (Lipinski definition) is 2. The molecule has 0 radical (unpaired) electrons. The molecular formula is C16H22BrNO3. The Balaban J connectivity index is 2.85. The first-order valence-electron chi connectivity index (χ1n) is 7.22. The molecule has 0 saturated heterocycles. The lowest BCUT2D eigenvalue weighted by atomic mass is 10.0. The minimum Gasteiger partial charge on any atom is -0.481 e. The smallest absolute Gasteiger partial charge is 0.305 e. The summed E-state index contributed by atoms with van der Waals surface area (Å²) in [7, 11) is 0. The number of aliphatic carboxylic acids is 1. The predicted octanol–water partition coefficient (Wildman–Crippen LogP) is 3.69. The Kier molecular flexibility index (Phi) is 7.43. The van der Waals surface area contributed by atoms with Gasteiger partial charge in [-0.15, -0.1) is 0 Å². The Hall–Kier alpha value is -1.36. The summed E-state index contributed by atoms with van der Waals surface area (Å²) in [5, 5.41) is 8.86. The average Bonchev–Trinajstić information content (AvgIpc) is 2.44. The lowest BCUT2D eigenvalue weighted by Gasteiger charge is -2.26. The summed E-state index contributed by atoms with van der Waals surface area (Å²) in [6.07, 6.45) is 1.52. The molecule has 1 N–H and O–H groups in total. The quantitative estimate of drug-likeness (QED) is 0.773. The molecule has 1 rings (SSSR count). The number of carbonyl (C=O) groups excluding carboxylic acids is 1. The summed E-state index contributed by atoms with van der Waals surface area (Å²) in [5.74, 6) is -0.876. The summed E-state index contributed by atoms with van der Waals surface area (Å²) in [5.41, 5.74) is 0.995. The van der Waals surface area contributed by atoms with Crippen molar-refractivity contribution in [3.8, 4) is 0 Å². The Morgan fingerprint density at radius 3 is 2.48 bits per heavy atom. The van der Waals surface area contributed by atoms with Gasteiger partial charge in [-0.25, -0.2) is 0 Å². The number of carbonyl (C=O) groups is 2. The molecule has 1 aromatic rings. The monoisotopic (exact) mass is 355 g/mol. The van der Waals surface area contributed by atoms with Crippen LogP contribution >= 0.6 is 15.9 Å². The zero-order valence-electron chi connectivity index (χ0n) is 12.5. The van der Waals surface area contributed by atoms with Gasteiger partial charge in [-0.05, 0) is 30.5 Å². The molecule has 0 aromatic heterocycles. The van der Waals surface area contributed by atoms with Crippen LogP contribution in [0.25, 0.3) is 0 Å². The van der Waals surface area contributed by atoms with E-state index in [0.717, 1.165) is 22.9 Å². The maximum Gasteiger partial charge on any atom is 0.305 e. The van der Waals surface area contributed by atoms with Gasteiger partial charge >= 0.3 is 5.97 Å². The van der Waals surface area contributed by atoms with Crippen molar-refractivity contribution in [1.82, 2.24) is 4.90 Å². The summed E-state index contributed by atoms with van der Waals surface area (Å²) in [4.78, 5) is 25.0. The van der Waals surface area contributed by atoms with Crippen molar-refractivity contribution in [3.05, 3.63) is 34.3 Å². The first-order valence-corrected chi connectivity index (χ1v) is 8.02. The summed E-state index contributed by atoms with van der Waals surface area (Å²) in [6.45, 7) is 4.67. The highest BCUT2D eigenvalue weighted by molar-refractivity contribution is 9.10. The lowest BCUT2D eigenvalue weighted by molar-refractivity contribution is -0.140. The van der Waals surface area contributed by atoms with E-state index >= 15 is 0 Å². The van der Waals surface area contributed by atoms with Crippen molar-refractivity contribution in [2.24, 2.45) is 5.92 Å². The molecule has 0 aliphatic heterocycles. The minimum atomic E-state index is -0.883. The second kappa shape index (κ2) is 8.82. The third-order valence-electron chi connectivity index (χ3n) is 3.50. The molecule has 0 spiro atoms. The number of halogens is 1. The second-order valence-corrected chi connectivity index (χ2v) is 5.96. The van der Waals surface area contributed by atoms with Crippen molar-refractivity contribution in [2.45, 2.75) is 39.7 Å². The van der Waals surface area contributed by atoms with Crippen LogP contribution in [-0.4, -0.2) is 28.4 Å². The molecule has 0 atom stereocenters. The van der Waals surface area contributed by atoms with E-state index in [0.29, 0.717) is 6.54 Å². The summed E-state index contributed by atoms with van der Waals surface area (Å²) in [6, 6.07) is 7.73. The molecule has 0 fully saturated rings. The minimum absolute atomic E-state index is 0.0279.